The summed E-state index contributed by atoms with van der Waals surface area (Å²) in [4.78, 5) is 26.8. The predicted octanol–water partition coefficient (Wildman–Crippen LogP) is 0.529. The normalized spacial score (nSPS) is 17.8. The third-order valence-electron chi connectivity index (χ3n) is 4.81. The van der Waals surface area contributed by atoms with Gasteiger partial charge in [0.2, 0.25) is 11.8 Å². The number of aliphatic hydroxyl groups excluding tert-OH is 1. The van der Waals surface area contributed by atoms with Gasteiger partial charge < -0.3 is 25.2 Å². The molecule has 0 aromatic heterocycles. The second-order valence-corrected chi connectivity index (χ2v) is 7.80. The zero-order valence-electron chi connectivity index (χ0n) is 17.1. The summed E-state index contributed by atoms with van der Waals surface area (Å²) in [5.74, 6) is 0.988. The number of carbonyl (C=O) groups is 2. The highest BCUT2D eigenvalue weighted by Crippen LogP contribution is 2.24. The van der Waals surface area contributed by atoms with Crippen molar-refractivity contribution in [3.63, 3.8) is 0 Å². The van der Waals surface area contributed by atoms with Crippen molar-refractivity contribution in [2.45, 2.75) is 32.9 Å². The molecule has 8 heteroatoms. The van der Waals surface area contributed by atoms with Crippen molar-refractivity contribution < 1.29 is 24.2 Å². The number of nitrogens with one attached hydrogen (secondary N) is 2. The van der Waals surface area contributed by atoms with E-state index in [0.717, 1.165) is 5.56 Å². The first kappa shape index (κ1) is 22.0. The van der Waals surface area contributed by atoms with Gasteiger partial charge in [0.15, 0.2) is 0 Å². The Labute approximate surface area is 166 Å². The maximum absolute atomic E-state index is 12.4. The monoisotopic (exact) mass is 393 g/mol. The molecule has 1 aromatic carbocycles. The predicted molar refractivity (Wildman–Crippen MR) is 105 cm³/mol. The van der Waals surface area contributed by atoms with Crippen LogP contribution in [0, 0.1) is 5.41 Å². The Morgan fingerprint density at radius 2 is 1.93 bits per heavy atom. The summed E-state index contributed by atoms with van der Waals surface area (Å²) in [6.45, 7) is 5.74. The average molecular weight is 393 g/mol. The minimum Gasteiger partial charge on any atom is -0.497 e. The van der Waals surface area contributed by atoms with Gasteiger partial charge in [0, 0.05) is 44.3 Å². The van der Waals surface area contributed by atoms with Crippen LogP contribution in [0.5, 0.6) is 11.5 Å². The summed E-state index contributed by atoms with van der Waals surface area (Å²) in [6.07, 6.45) is 0.0639. The Morgan fingerprint density at radius 1 is 1.29 bits per heavy atom. The molecule has 1 aromatic rings. The van der Waals surface area contributed by atoms with Crippen molar-refractivity contribution in [2.75, 3.05) is 40.5 Å². The molecule has 0 bridgehead atoms. The van der Waals surface area contributed by atoms with Gasteiger partial charge in [-0.05, 0) is 17.7 Å². The van der Waals surface area contributed by atoms with Gasteiger partial charge in [0.25, 0.3) is 0 Å². The van der Waals surface area contributed by atoms with Crippen LogP contribution in [0.15, 0.2) is 18.2 Å². The van der Waals surface area contributed by atoms with Crippen molar-refractivity contribution in [3.8, 4) is 11.5 Å². The number of piperazine rings is 1. The number of methoxy groups -OCH3 is 2. The third-order valence-corrected chi connectivity index (χ3v) is 4.81. The van der Waals surface area contributed by atoms with E-state index in [-0.39, 0.29) is 24.8 Å². The van der Waals surface area contributed by atoms with Crippen molar-refractivity contribution >= 4 is 11.8 Å². The van der Waals surface area contributed by atoms with Gasteiger partial charge in [-0.15, -0.1) is 0 Å². The van der Waals surface area contributed by atoms with Gasteiger partial charge in [-0.1, -0.05) is 13.8 Å². The fraction of sp³-hybridized carbons (Fsp3) is 0.600. The van der Waals surface area contributed by atoms with Gasteiger partial charge >= 0.3 is 0 Å². The molecule has 0 saturated carbocycles. The van der Waals surface area contributed by atoms with Crippen molar-refractivity contribution in [1.29, 1.82) is 0 Å². The lowest BCUT2D eigenvalue weighted by Gasteiger charge is -2.35. The van der Waals surface area contributed by atoms with Gasteiger partial charge in [0.1, 0.15) is 11.5 Å². The molecule has 0 spiro atoms. The Balaban J connectivity index is 2.07. The number of hydrogen-bond donors (Lipinski definition) is 3. The van der Waals surface area contributed by atoms with Crippen LogP contribution in [-0.2, 0) is 16.1 Å². The van der Waals surface area contributed by atoms with E-state index in [1.165, 1.54) is 0 Å². The number of ether oxygens (including phenoxy) is 2. The SMILES string of the molecule is COc1cc(CN2CCNC(=O)C2CC(=O)NCC(C)(C)CO)cc(OC)c1. The zero-order chi connectivity index (χ0) is 20.7. The highest BCUT2D eigenvalue weighted by molar-refractivity contribution is 5.88. The number of rotatable bonds is 9. The summed E-state index contributed by atoms with van der Waals surface area (Å²) in [5.41, 5.74) is 0.541. The van der Waals surface area contributed by atoms with Crippen LogP contribution in [0.3, 0.4) is 0 Å². The van der Waals surface area contributed by atoms with Crippen LogP contribution in [0.25, 0.3) is 0 Å². The molecule has 1 aliphatic rings. The van der Waals surface area contributed by atoms with E-state index in [1.54, 1.807) is 20.3 Å². The molecule has 1 heterocycles. The van der Waals surface area contributed by atoms with Crippen LogP contribution in [0.1, 0.15) is 25.8 Å². The molecule has 0 aliphatic carbocycles. The fourth-order valence-corrected chi connectivity index (χ4v) is 3.01. The molecule has 8 nitrogen and oxygen atoms in total. The Hall–Kier alpha value is -2.32. The first-order valence-corrected chi connectivity index (χ1v) is 9.39. The molecule has 28 heavy (non-hydrogen) atoms. The third kappa shape index (κ3) is 6.10. The number of amides is 2. The summed E-state index contributed by atoms with van der Waals surface area (Å²) < 4.78 is 10.6. The first-order chi connectivity index (χ1) is 13.3. The molecule has 1 aliphatic heterocycles. The highest BCUT2D eigenvalue weighted by Gasteiger charge is 2.32. The molecule has 3 N–H and O–H groups in total. The second-order valence-electron chi connectivity index (χ2n) is 7.80. The quantitative estimate of drug-likeness (QED) is 0.566. The Bertz CT molecular complexity index is 670. The van der Waals surface area contributed by atoms with Crippen LogP contribution in [0.4, 0.5) is 0 Å². The van der Waals surface area contributed by atoms with E-state index in [9.17, 15) is 14.7 Å². The topological polar surface area (TPSA) is 100 Å². The zero-order valence-corrected chi connectivity index (χ0v) is 17.1. The van der Waals surface area contributed by atoms with Gasteiger partial charge in [-0.25, -0.2) is 0 Å². The standard InChI is InChI=1S/C20H31N3O5/c1-20(2,13-24)12-22-18(25)10-17-19(26)21-5-6-23(17)11-14-7-15(27-3)9-16(8-14)28-4/h7-9,17,24H,5-6,10-13H2,1-4H3,(H,21,26)(H,22,25). The highest BCUT2D eigenvalue weighted by atomic mass is 16.5. The first-order valence-electron chi connectivity index (χ1n) is 9.39. The summed E-state index contributed by atoms with van der Waals surface area (Å²) in [7, 11) is 3.18. The van der Waals surface area contributed by atoms with Crippen molar-refractivity contribution in [1.82, 2.24) is 15.5 Å². The minimum atomic E-state index is -0.553. The van der Waals surface area contributed by atoms with E-state index in [2.05, 4.69) is 10.6 Å². The van der Waals surface area contributed by atoms with Gasteiger partial charge in [-0.2, -0.15) is 0 Å². The molecular weight excluding hydrogens is 362 g/mol. The Kier molecular flexibility index (Phi) is 7.65. The lowest BCUT2D eigenvalue weighted by atomic mass is 9.95. The maximum atomic E-state index is 12.4. The van der Waals surface area contributed by atoms with Crippen LogP contribution in [0.2, 0.25) is 0 Å². The molecule has 0 radical (unpaired) electrons. The lowest BCUT2D eigenvalue weighted by molar-refractivity contribution is -0.134. The maximum Gasteiger partial charge on any atom is 0.237 e. The molecule has 1 unspecified atom stereocenters. The number of hydrogen-bond acceptors (Lipinski definition) is 6. The number of nitrogens with zero attached hydrogens (tertiary/aromatic N) is 1. The van der Waals surface area contributed by atoms with Crippen molar-refractivity contribution in [3.05, 3.63) is 23.8 Å². The number of benzene rings is 1. The van der Waals surface area contributed by atoms with Crippen LogP contribution in [-0.4, -0.2) is 68.3 Å². The summed E-state index contributed by atoms with van der Waals surface area (Å²) >= 11 is 0. The number of carbonyl (C=O) groups excluding carboxylic acids is 2. The average Bonchev–Trinajstić information content (AvgIpc) is 2.68. The fourth-order valence-electron chi connectivity index (χ4n) is 3.01. The van der Waals surface area contributed by atoms with E-state index in [1.807, 2.05) is 30.9 Å². The lowest BCUT2D eigenvalue weighted by Crippen LogP contribution is -2.56. The van der Waals surface area contributed by atoms with Crippen LogP contribution < -0.4 is 20.1 Å². The minimum absolute atomic E-state index is 0.0268. The molecule has 2 rings (SSSR count). The van der Waals surface area contributed by atoms with E-state index in [4.69, 9.17) is 9.47 Å². The molecule has 1 fully saturated rings. The Morgan fingerprint density at radius 3 is 2.50 bits per heavy atom. The molecule has 1 atom stereocenters. The van der Waals surface area contributed by atoms with Gasteiger partial charge in [0.05, 0.1) is 26.7 Å². The van der Waals surface area contributed by atoms with E-state index >= 15 is 0 Å². The van der Waals surface area contributed by atoms with E-state index in [0.29, 0.717) is 37.7 Å². The number of aliphatic hydroxyl groups is 1. The summed E-state index contributed by atoms with van der Waals surface area (Å²) in [5, 5.41) is 15.0. The molecular formula is C20H31N3O5. The molecule has 156 valence electrons. The second kappa shape index (κ2) is 9.75. The molecule has 1 saturated heterocycles. The van der Waals surface area contributed by atoms with Gasteiger partial charge in [-0.3, -0.25) is 14.5 Å². The smallest absolute Gasteiger partial charge is 0.237 e. The van der Waals surface area contributed by atoms with Crippen molar-refractivity contribution in [2.24, 2.45) is 5.41 Å². The van der Waals surface area contributed by atoms with E-state index < -0.39 is 11.5 Å². The van der Waals surface area contributed by atoms with Crippen LogP contribution >= 0.6 is 0 Å². The largest absolute Gasteiger partial charge is 0.497 e. The summed E-state index contributed by atoms with van der Waals surface area (Å²) in [6, 6.07) is 5.04. The molecule has 2 amide bonds.